The van der Waals surface area contributed by atoms with Crippen LogP contribution in [0.1, 0.15) is 25.5 Å². The number of aliphatic imine (C=N–C) groups is 1. The minimum Gasteiger partial charge on any atom is -0.386 e. The molecule has 2 aliphatic rings. The smallest absolute Gasteiger partial charge is 0.148 e. The van der Waals surface area contributed by atoms with Crippen LogP contribution in [0.3, 0.4) is 0 Å². The van der Waals surface area contributed by atoms with Crippen molar-refractivity contribution in [2.45, 2.75) is 30.1 Å². The lowest BCUT2D eigenvalue weighted by atomic mass is 9.96. The molecule has 0 bridgehead atoms. The van der Waals surface area contributed by atoms with Crippen molar-refractivity contribution in [2.24, 2.45) is 15.1 Å². The van der Waals surface area contributed by atoms with E-state index in [0.29, 0.717) is 17.6 Å². The third-order valence-electron chi connectivity index (χ3n) is 4.60. The van der Waals surface area contributed by atoms with E-state index in [9.17, 15) is 13.0 Å². The first-order valence-electron chi connectivity index (χ1n) is 7.21. The molecule has 0 spiro atoms. The fraction of sp³-hybridized carbons (Fsp3) is 0.571. The average molecular weight is 407 g/mol. The Morgan fingerprint density at radius 3 is 2.91 bits per heavy atom. The molecule has 126 valence electrons. The Morgan fingerprint density at radius 2 is 2.22 bits per heavy atom. The quantitative estimate of drug-likeness (QED) is 0.766. The number of rotatable bonds is 2. The van der Waals surface area contributed by atoms with Gasteiger partial charge in [0.1, 0.15) is 38.9 Å². The highest BCUT2D eigenvalue weighted by molar-refractivity contribution is 9.10. The van der Waals surface area contributed by atoms with Crippen LogP contribution in [0.4, 0.5) is 8.78 Å². The van der Waals surface area contributed by atoms with Crippen LogP contribution < -0.4 is 5.73 Å². The van der Waals surface area contributed by atoms with Gasteiger partial charge in [0.2, 0.25) is 0 Å². The highest BCUT2D eigenvalue weighted by Crippen LogP contribution is 2.42. The Hall–Kier alpha value is -1.09. The fourth-order valence-corrected chi connectivity index (χ4v) is 6.32. The summed E-state index contributed by atoms with van der Waals surface area (Å²) in [5, 5.41) is 0. The number of nitrogens with two attached hydrogens (primary N) is 1. The van der Waals surface area contributed by atoms with E-state index in [-0.39, 0.29) is 17.3 Å². The van der Waals surface area contributed by atoms with Crippen molar-refractivity contribution >= 4 is 31.5 Å². The number of aromatic nitrogens is 1. The lowest BCUT2D eigenvalue weighted by Crippen LogP contribution is -2.59. The SMILES string of the molecule is C[C@]12CCCN=[S@]1(=O)C[C@@](CF)(c1nc(Br)ccc1F)N=C2N. The molecule has 2 aliphatic heterocycles. The summed E-state index contributed by atoms with van der Waals surface area (Å²) >= 11 is 3.15. The highest BCUT2D eigenvalue weighted by atomic mass is 79.9. The minimum absolute atomic E-state index is 0.0658. The zero-order chi connectivity index (χ0) is 16.9. The molecule has 0 radical (unpaired) electrons. The van der Waals surface area contributed by atoms with Gasteiger partial charge in [-0.3, -0.25) is 4.99 Å². The molecular formula is C14H17BrF2N4OS. The van der Waals surface area contributed by atoms with Crippen molar-refractivity contribution in [1.82, 2.24) is 4.98 Å². The van der Waals surface area contributed by atoms with Gasteiger partial charge in [-0.25, -0.2) is 22.3 Å². The second-order valence-corrected chi connectivity index (χ2v) is 9.64. The molecule has 0 fully saturated rings. The van der Waals surface area contributed by atoms with Gasteiger partial charge in [0.25, 0.3) is 0 Å². The number of alkyl halides is 1. The molecule has 1 aromatic rings. The predicted octanol–water partition coefficient (Wildman–Crippen LogP) is 2.54. The maximum atomic E-state index is 14.3. The van der Waals surface area contributed by atoms with Gasteiger partial charge < -0.3 is 5.73 Å². The molecule has 9 heteroatoms. The van der Waals surface area contributed by atoms with Gasteiger partial charge >= 0.3 is 0 Å². The largest absolute Gasteiger partial charge is 0.386 e. The van der Waals surface area contributed by atoms with Crippen LogP contribution in [0.5, 0.6) is 0 Å². The van der Waals surface area contributed by atoms with E-state index >= 15 is 0 Å². The Labute approximate surface area is 142 Å². The Kier molecular flexibility index (Phi) is 3.99. The molecule has 0 unspecified atom stereocenters. The second kappa shape index (κ2) is 5.47. The van der Waals surface area contributed by atoms with Crippen molar-refractivity contribution in [1.29, 1.82) is 0 Å². The summed E-state index contributed by atoms with van der Waals surface area (Å²) in [6.45, 7) is 1.12. The molecule has 5 nitrogen and oxygen atoms in total. The van der Waals surface area contributed by atoms with Crippen LogP contribution in [0.15, 0.2) is 26.1 Å². The first kappa shape index (κ1) is 16.8. The number of nitrogens with zero attached hydrogens (tertiary/aromatic N) is 3. The number of fused-ring (bicyclic) bond motifs is 1. The molecule has 0 amide bonds. The first-order valence-corrected chi connectivity index (χ1v) is 9.69. The Bertz CT molecular complexity index is 808. The number of pyridine rings is 1. The number of amidine groups is 1. The lowest BCUT2D eigenvalue weighted by Gasteiger charge is -2.44. The zero-order valence-corrected chi connectivity index (χ0v) is 15.0. The van der Waals surface area contributed by atoms with E-state index < -0.39 is 32.5 Å². The molecule has 3 heterocycles. The van der Waals surface area contributed by atoms with Crippen molar-refractivity contribution in [2.75, 3.05) is 19.0 Å². The van der Waals surface area contributed by atoms with E-state index in [4.69, 9.17) is 5.73 Å². The molecule has 1 aromatic heterocycles. The summed E-state index contributed by atoms with van der Waals surface area (Å²) < 4.78 is 45.4. The van der Waals surface area contributed by atoms with Crippen LogP contribution in [-0.2, 0) is 15.3 Å². The predicted molar refractivity (Wildman–Crippen MR) is 89.1 cm³/mol. The van der Waals surface area contributed by atoms with Gasteiger partial charge in [0.05, 0.1) is 15.5 Å². The van der Waals surface area contributed by atoms with Crippen LogP contribution in [0.2, 0.25) is 0 Å². The van der Waals surface area contributed by atoms with Crippen LogP contribution in [0.25, 0.3) is 0 Å². The van der Waals surface area contributed by atoms with Crippen molar-refractivity contribution in [3.05, 3.63) is 28.2 Å². The van der Waals surface area contributed by atoms with Gasteiger partial charge in [-0.1, -0.05) is 0 Å². The van der Waals surface area contributed by atoms with Crippen LogP contribution in [-0.4, -0.2) is 38.7 Å². The summed E-state index contributed by atoms with van der Waals surface area (Å²) in [6.07, 6.45) is 1.32. The molecule has 0 aromatic carbocycles. The first-order chi connectivity index (χ1) is 10.8. The number of hydrogen-bond donors (Lipinski definition) is 1. The van der Waals surface area contributed by atoms with Gasteiger partial charge in [0.15, 0.2) is 0 Å². The maximum Gasteiger partial charge on any atom is 0.148 e. The standard InChI is InChI=1S/C14H17BrF2N4OS/c1-13-5-2-6-19-23(13,22)8-14(7-16,21-12(13)18)11-9(17)3-4-10(15)20-11/h3-4H,2,5-8H2,1H3,(H2,18,21)/t13-,14+,23+/m1/s1. The molecule has 23 heavy (non-hydrogen) atoms. The van der Waals surface area contributed by atoms with Crippen LogP contribution >= 0.6 is 15.9 Å². The molecule has 0 aliphatic carbocycles. The molecular weight excluding hydrogens is 390 g/mol. The lowest BCUT2D eigenvalue weighted by molar-refractivity contribution is 0.316. The maximum absolute atomic E-state index is 14.3. The van der Waals surface area contributed by atoms with Crippen LogP contribution in [0, 0.1) is 5.82 Å². The highest BCUT2D eigenvalue weighted by Gasteiger charge is 2.53. The van der Waals surface area contributed by atoms with E-state index in [2.05, 4.69) is 30.3 Å². The molecule has 2 N–H and O–H groups in total. The van der Waals surface area contributed by atoms with Crippen molar-refractivity contribution < 1.29 is 13.0 Å². The second-order valence-electron chi connectivity index (χ2n) is 6.10. The topological polar surface area (TPSA) is 80.7 Å². The van der Waals surface area contributed by atoms with Crippen molar-refractivity contribution in [3.8, 4) is 0 Å². The van der Waals surface area contributed by atoms with Gasteiger partial charge in [0, 0.05) is 6.54 Å². The summed E-state index contributed by atoms with van der Waals surface area (Å²) in [5.74, 6) is -0.852. The number of hydrogen-bond acceptors (Lipinski definition) is 5. The Balaban J connectivity index is 2.26. The van der Waals surface area contributed by atoms with E-state index in [1.165, 1.54) is 12.1 Å². The van der Waals surface area contributed by atoms with E-state index in [0.717, 1.165) is 6.42 Å². The van der Waals surface area contributed by atoms with Gasteiger partial charge in [-0.2, -0.15) is 0 Å². The molecule has 3 rings (SSSR count). The zero-order valence-electron chi connectivity index (χ0n) is 12.6. The third kappa shape index (κ3) is 2.39. The summed E-state index contributed by atoms with van der Waals surface area (Å²) in [7, 11) is -2.87. The normalized spacial score (nSPS) is 36.8. The molecule has 0 saturated heterocycles. The minimum atomic E-state index is -2.87. The summed E-state index contributed by atoms with van der Waals surface area (Å²) in [6, 6.07) is 2.59. The molecule has 3 atom stereocenters. The van der Waals surface area contributed by atoms with Gasteiger partial charge in [-0.15, -0.1) is 0 Å². The van der Waals surface area contributed by atoms with Crippen molar-refractivity contribution in [3.63, 3.8) is 0 Å². The van der Waals surface area contributed by atoms with E-state index in [1.54, 1.807) is 6.92 Å². The third-order valence-corrected chi connectivity index (χ3v) is 8.33. The van der Waals surface area contributed by atoms with Gasteiger partial charge in [-0.05, 0) is 47.8 Å². The summed E-state index contributed by atoms with van der Waals surface area (Å²) in [4.78, 5) is 8.30. The van der Waals surface area contributed by atoms with E-state index in [1.807, 2.05) is 0 Å². The Morgan fingerprint density at radius 1 is 1.48 bits per heavy atom. The monoisotopic (exact) mass is 406 g/mol. The summed E-state index contributed by atoms with van der Waals surface area (Å²) in [5.41, 5.74) is 4.18. The fourth-order valence-electron chi connectivity index (χ4n) is 3.13. The number of halogens is 3. The molecule has 0 saturated carbocycles. The average Bonchev–Trinajstić information content (AvgIpc) is 2.51.